The molecule has 0 heterocycles. The molecule has 0 bridgehead atoms. The van der Waals surface area contributed by atoms with Crippen LogP contribution in [0.25, 0.3) is 6.08 Å². The Hall–Kier alpha value is -2.03. The Morgan fingerprint density at radius 3 is 2.55 bits per heavy atom. The predicted molar refractivity (Wildman–Crippen MR) is 131 cm³/mol. The van der Waals surface area contributed by atoms with E-state index in [0.29, 0.717) is 12.3 Å². The van der Waals surface area contributed by atoms with Crippen molar-refractivity contribution < 1.29 is 19.4 Å². The van der Waals surface area contributed by atoms with Crippen molar-refractivity contribution in [1.82, 2.24) is 0 Å². The molecule has 0 spiro atoms. The maximum Gasteiger partial charge on any atom is 0.331 e. The number of nitrogen functional groups attached to an aromatic ring is 1. The van der Waals surface area contributed by atoms with Gasteiger partial charge < -0.3 is 26.0 Å². The number of phenols is 1. The monoisotopic (exact) mass is 554 g/mol. The van der Waals surface area contributed by atoms with E-state index in [1.54, 1.807) is 18.2 Å². The molecular formula is C23H28Br2N2O4. The second kappa shape index (κ2) is 12.7. The van der Waals surface area contributed by atoms with Crippen LogP contribution in [0.5, 0.6) is 11.5 Å². The number of hydrogen-bond acceptors (Lipinski definition) is 6. The lowest BCUT2D eigenvalue weighted by Gasteiger charge is -2.20. The smallest absolute Gasteiger partial charge is 0.331 e. The molecule has 1 fully saturated rings. The lowest BCUT2D eigenvalue weighted by Crippen LogP contribution is -2.19. The summed E-state index contributed by atoms with van der Waals surface area (Å²) in [7, 11) is 1.49. The van der Waals surface area contributed by atoms with E-state index < -0.39 is 0 Å². The molecule has 5 N–H and O–H groups in total. The number of rotatable bonds is 5. The molecule has 0 saturated heterocycles. The van der Waals surface area contributed by atoms with Gasteiger partial charge in [0, 0.05) is 21.6 Å². The van der Waals surface area contributed by atoms with E-state index in [1.165, 1.54) is 25.7 Å². The van der Waals surface area contributed by atoms with Gasteiger partial charge in [0.05, 0.1) is 12.8 Å². The number of nitrogens with two attached hydrogens (primary N) is 2. The third-order valence-electron chi connectivity index (χ3n) is 4.85. The number of ether oxygens (including phenoxy) is 2. The molecule has 0 radical (unpaired) electrons. The van der Waals surface area contributed by atoms with E-state index in [1.807, 2.05) is 12.1 Å². The van der Waals surface area contributed by atoms with E-state index >= 15 is 0 Å². The minimum absolute atomic E-state index is 0.0650. The van der Waals surface area contributed by atoms with Crippen LogP contribution in [0.2, 0.25) is 0 Å². The number of halogens is 2. The van der Waals surface area contributed by atoms with Crippen molar-refractivity contribution in [2.75, 3.05) is 12.8 Å². The van der Waals surface area contributed by atoms with Gasteiger partial charge in [0.25, 0.3) is 0 Å². The molecule has 0 unspecified atom stereocenters. The van der Waals surface area contributed by atoms with Crippen LogP contribution < -0.4 is 16.2 Å². The molecule has 8 heteroatoms. The lowest BCUT2D eigenvalue weighted by atomic mass is 9.98. The molecule has 0 amide bonds. The summed E-state index contributed by atoms with van der Waals surface area (Å²) in [6, 6.07) is 8.72. The van der Waals surface area contributed by atoms with Crippen molar-refractivity contribution in [2.45, 2.75) is 44.8 Å². The molecule has 6 nitrogen and oxygen atoms in total. The highest BCUT2D eigenvalue weighted by atomic mass is 79.9. The first-order chi connectivity index (χ1) is 14.8. The topological polar surface area (TPSA) is 108 Å². The van der Waals surface area contributed by atoms with Crippen LogP contribution in [0, 0.1) is 0 Å². The van der Waals surface area contributed by atoms with Gasteiger partial charge >= 0.3 is 5.97 Å². The normalized spacial score (nSPS) is 14.1. The molecule has 0 atom stereocenters. The first-order valence-electron chi connectivity index (χ1n) is 10.0. The van der Waals surface area contributed by atoms with Gasteiger partial charge in [0.1, 0.15) is 6.10 Å². The third kappa shape index (κ3) is 8.20. The third-order valence-corrected chi connectivity index (χ3v) is 5.96. The van der Waals surface area contributed by atoms with Crippen molar-refractivity contribution >= 4 is 49.6 Å². The zero-order chi connectivity index (χ0) is 22.8. The Morgan fingerprint density at radius 2 is 1.90 bits per heavy atom. The van der Waals surface area contributed by atoms with Crippen LogP contribution in [0.1, 0.15) is 43.2 Å². The average molecular weight is 556 g/mol. The highest BCUT2D eigenvalue weighted by molar-refractivity contribution is 9.11. The quantitative estimate of drug-likeness (QED) is 0.254. The largest absolute Gasteiger partial charge is 0.504 e. The lowest BCUT2D eigenvalue weighted by molar-refractivity contribution is -0.144. The number of carbonyl (C=O) groups is 1. The van der Waals surface area contributed by atoms with Crippen LogP contribution in [0.3, 0.4) is 0 Å². The number of esters is 1. The number of anilines is 1. The van der Waals surface area contributed by atoms with E-state index in [2.05, 4.69) is 31.9 Å². The number of hydrogen-bond donors (Lipinski definition) is 3. The average Bonchev–Trinajstić information content (AvgIpc) is 2.76. The molecule has 1 saturated carbocycles. The molecular weight excluding hydrogens is 528 g/mol. The Labute approximate surface area is 199 Å². The summed E-state index contributed by atoms with van der Waals surface area (Å²) in [5.41, 5.74) is 13.6. The van der Waals surface area contributed by atoms with Gasteiger partial charge in [-0.15, -0.1) is 0 Å². The van der Waals surface area contributed by atoms with Gasteiger partial charge in [-0.25, -0.2) is 4.79 Å². The standard InChI is InChI=1S/C16H20O4.C7H8Br2N2/c1-19-15-11-12(7-9-14(15)17)8-10-16(18)20-13-5-3-2-4-6-13;8-5-1-4(3-10)7(11)6(9)2-5/h7-11,13,17H,2-6H2,1H3;1-2H,3,10-11H2/b10-8+;. The highest BCUT2D eigenvalue weighted by Crippen LogP contribution is 2.28. The fraction of sp³-hybridized carbons (Fsp3) is 0.348. The number of methoxy groups -OCH3 is 1. The van der Waals surface area contributed by atoms with Crippen molar-refractivity contribution in [3.8, 4) is 11.5 Å². The first kappa shape index (κ1) is 25.2. The first-order valence-corrected chi connectivity index (χ1v) is 11.6. The molecule has 3 rings (SSSR count). The molecule has 1 aliphatic carbocycles. The number of phenolic OH excluding ortho intramolecular Hbond substituents is 1. The second-order valence-corrected chi connectivity index (χ2v) is 8.90. The van der Waals surface area contributed by atoms with Crippen molar-refractivity contribution in [3.05, 3.63) is 56.5 Å². The Morgan fingerprint density at radius 1 is 1.19 bits per heavy atom. The van der Waals surface area contributed by atoms with Crippen molar-refractivity contribution in [3.63, 3.8) is 0 Å². The summed E-state index contributed by atoms with van der Waals surface area (Å²) in [6.45, 7) is 0.462. The minimum Gasteiger partial charge on any atom is -0.504 e. The molecule has 31 heavy (non-hydrogen) atoms. The van der Waals surface area contributed by atoms with Gasteiger partial charge in [-0.2, -0.15) is 0 Å². The maximum atomic E-state index is 11.7. The summed E-state index contributed by atoms with van der Waals surface area (Å²) in [5.74, 6) is 0.145. The molecule has 2 aromatic rings. The van der Waals surface area contributed by atoms with E-state index in [0.717, 1.165) is 51.4 Å². The maximum absolute atomic E-state index is 11.7. The van der Waals surface area contributed by atoms with Crippen LogP contribution in [-0.2, 0) is 16.1 Å². The van der Waals surface area contributed by atoms with Crippen LogP contribution >= 0.6 is 31.9 Å². The Kier molecular flexibility index (Phi) is 10.4. The Bertz CT molecular complexity index is 913. The second-order valence-electron chi connectivity index (χ2n) is 7.13. The molecule has 1 aliphatic rings. The molecule has 2 aromatic carbocycles. The zero-order valence-corrected chi connectivity index (χ0v) is 20.6. The van der Waals surface area contributed by atoms with Gasteiger partial charge in [-0.3, -0.25) is 0 Å². The number of aromatic hydroxyl groups is 1. The summed E-state index contributed by atoms with van der Waals surface area (Å²) in [6.07, 6.45) is 8.58. The fourth-order valence-electron chi connectivity index (χ4n) is 3.16. The number of carbonyl (C=O) groups excluding carboxylic acids is 1. The van der Waals surface area contributed by atoms with E-state index in [9.17, 15) is 9.90 Å². The fourth-order valence-corrected chi connectivity index (χ4v) is 4.47. The van der Waals surface area contributed by atoms with Crippen LogP contribution in [0.15, 0.2) is 45.4 Å². The Balaban J connectivity index is 0.000000262. The number of benzene rings is 2. The van der Waals surface area contributed by atoms with Gasteiger partial charge in [0.2, 0.25) is 0 Å². The van der Waals surface area contributed by atoms with Gasteiger partial charge in [-0.05, 0) is 83.1 Å². The van der Waals surface area contributed by atoms with E-state index in [4.69, 9.17) is 20.9 Å². The van der Waals surface area contributed by atoms with Crippen molar-refractivity contribution in [1.29, 1.82) is 0 Å². The molecule has 0 aromatic heterocycles. The van der Waals surface area contributed by atoms with Crippen LogP contribution in [-0.4, -0.2) is 24.3 Å². The summed E-state index contributed by atoms with van der Waals surface area (Å²) in [5, 5.41) is 9.49. The van der Waals surface area contributed by atoms with Crippen molar-refractivity contribution in [2.24, 2.45) is 5.73 Å². The van der Waals surface area contributed by atoms with E-state index in [-0.39, 0.29) is 17.8 Å². The summed E-state index contributed by atoms with van der Waals surface area (Å²) in [4.78, 5) is 11.7. The van der Waals surface area contributed by atoms with Gasteiger partial charge in [-0.1, -0.05) is 28.4 Å². The van der Waals surface area contributed by atoms with Crippen LogP contribution in [0.4, 0.5) is 5.69 Å². The summed E-state index contributed by atoms with van der Waals surface area (Å²) < 4.78 is 12.3. The predicted octanol–water partition coefficient (Wildman–Crippen LogP) is 5.54. The highest BCUT2D eigenvalue weighted by Gasteiger charge is 2.16. The molecule has 0 aliphatic heterocycles. The molecule has 168 valence electrons. The minimum atomic E-state index is -0.316. The summed E-state index contributed by atoms with van der Waals surface area (Å²) >= 11 is 6.67. The SMILES string of the molecule is COc1cc(/C=C/C(=O)OC2CCCCC2)ccc1O.NCc1cc(Br)cc(Br)c1N. The zero-order valence-electron chi connectivity index (χ0n) is 17.4. The van der Waals surface area contributed by atoms with Gasteiger partial charge in [0.15, 0.2) is 11.5 Å².